The van der Waals surface area contributed by atoms with E-state index < -0.39 is 0 Å². The monoisotopic (exact) mass is 210 g/mol. The first kappa shape index (κ1) is 9.59. The molecule has 3 rings (SSSR count). The Balaban J connectivity index is 2.17. The highest BCUT2D eigenvalue weighted by Crippen LogP contribution is 2.47. The second-order valence-electron chi connectivity index (χ2n) is 4.94. The number of aliphatic imine (C=N–C) groups is 1. The van der Waals surface area contributed by atoms with Gasteiger partial charge in [-0.15, -0.1) is 0 Å². The van der Waals surface area contributed by atoms with E-state index in [1.165, 1.54) is 30.5 Å². The van der Waals surface area contributed by atoms with E-state index in [2.05, 4.69) is 13.0 Å². The Labute approximate surface area is 95.6 Å². The molecule has 16 heavy (non-hydrogen) atoms. The molecular weight excluding hydrogens is 196 g/mol. The quantitative estimate of drug-likeness (QED) is 0.645. The van der Waals surface area contributed by atoms with Crippen molar-refractivity contribution in [3.8, 4) is 6.07 Å². The largest absolute Gasteiger partial charge is 0.257 e. The smallest absolute Gasteiger partial charge is 0.0991 e. The predicted molar refractivity (Wildman–Crippen MR) is 64.1 cm³/mol. The number of nitriles is 1. The predicted octanol–water partition coefficient (Wildman–Crippen LogP) is 3.48. The summed E-state index contributed by atoms with van der Waals surface area (Å²) in [7, 11) is 0. The fraction of sp³-hybridized carbons (Fsp3) is 0.429. The lowest BCUT2D eigenvalue weighted by Gasteiger charge is -2.31. The molecule has 1 fully saturated rings. The van der Waals surface area contributed by atoms with Gasteiger partial charge < -0.3 is 0 Å². The number of benzene rings is 1. The van der Waals surface area contributed by atoms with Gasteiger partial charge in [0.2, 0.25) is 0 Å². The highest BCUT2D eigenvalue weighted by Gasteiger charge is 2.40. The van der Waals surface area contributed by atoms with Gasteiger partial charge in [0.1, 0.15) is 0 Å². The number of hydrogen-bond acceptors (Lipinski definition) is 2. The molecule has 1 aliphatic heterocycles. The van der Waals surface area contributed by atoms with Gasteiger partial charge in [0.25, 0.3) is 0 Å². The summed E-state index contributed by atoms with van der Waals surface area (Å²) in [6.45, 7) is 2.28. The van der Waals surface area contributed by atoms with Gasteiger partial charge in [0.05, 0.1) is 17.3 Å². The van der Waals surface area contributed by atoms with Crippen LogP contribution in [0.5, 0.6) is 0 Å². The molecule has 80 valence electrons. The first-order valence-corrected chi connectivity index (χ1v) is 5.87. The summed E-state index contributed by atoms with van der Waals surface area (Å²) in [5.41, 5.74) is 4.53. The second-order valence-corrected chi connectivity index (χ2v) is 4.94. The number of fused-ring (bicyclic) bond motifs is 3. The molecule has 1 atom stereocenters. The van der Waals surface area contributed by atoms with Crippen molar-refractivity contribution < 1.29 is 0 Å². The Kier molecular flexibility index (Phi) is 1.91. The van der Waals surface area contributed by atoms with E-state index in [1.807, 2.05) is 18.2 Å². The van der Waals surface area contributed by atoms with Crippen molar-refractivity contribution in [1.29, 1.82) is 5.26 Å². The molecule has 1 heterocycles. The van der Waals surface area contributed by atoms with Crippen LogP contribution >= 0.6 is 0 Å². The highest BCUT2D eigenvalue weighted by atomic mass is 14.8. The SMILES string of the molecule is CC12CCCCC1=Nc1ccc(C#N)cc12. The third-order valence-electron chi connectivity index (χ3n) is 3.95. The highest BCUT2D eigenvalue weighted by molar-refractivity contribution is 6.02. The standard InChI is InChI=1S/C14H14N2/c1-14-7-3-2-4-13(14)16-12-6-5-10(9-15)8-11(12)14/h5-6,8H,2-4,7H2,1H3. The van der Waals surface area contributed by atoms with E-state index in [0.717, 1.165) is 17.7 Å². The van der Waals surface area contributed by atoms with Crippen molar-refractivity contribution in [1.82, 2.24) is 0 Å². The zero-order valence-electron chi connectivity index (χ0n) is 9.45. The molecule has 2 heteroatoms. The van der Waals surface area contributed by atoms with Crippen molar-refractivity contribution in [3.05, 3.63) is 29.3 Å². The minimum absolute atomic E-state index is 0.112. The Bertz CT molecular complexity index is 522. The summed E-state index contributed by atoms with van der Waals surface area (Å²) in [5.74, 6) is 0. The Hall–Kier alpha value is -1.62. The molecule has 0 bridgehead atoms. The van der Waals surface area contributed by atoms with Gasteiger partial charge in [-0.05, 0) is 43.0 Å². The van der Waals surface area contributed by atoms with E-state index in [0.29, 0.717) is 0 Å². The lowest BCUT2D eigenvalue weighted by Crippen LogP contribution is -2.32. The van der Waals surface area contributed by atoms with E-state index in [-0.39, 0.29) is 5.41 Å². The summed E-state index contributed by atoms with van der Waals surface area (Å²) in [5, 5.41) is 8.96. The van der Waals surface area contributed by atoms with Gasteiger partial charge >= 0.3 is 0 Å². The molecular formula is C14H14N2. The number of nitrogens with zero attached hydrogens (tertiary/aromatic N) is 2. The van der Waals surface area contributed by atoms with Gasteiger partial charge in [0, 0.05) is 11.1 Å². The fourth-order valence-electron chi connectivity index (χ4n) is 2.95. The summed E-state index contributed by atoms with van der Waals surface area (Å²) in [4.78, 5) is 4.73. The van der Waals surface area contributed by atoms with Crippen LogP contribution in [0.15, 0.2) is 23.2 Å². The van der Waals surface area contributed by atoms with Crippen LogP contribution in [0.1, 0.15) is 43.7 Å². The molecule has 0 N–H and O–H groups in total. The van der Waals surface area contributed by atoms with Gasteiger partial charge in [-0.25, -0.2) is 0 Å². The van der Waals surface area contributed by atoms with E-state index in [4.69, 9.17) is 10.3 Å². The fourth-order valence-corrected chi connectivity index (χ4v) is 2.95. The average molecular weight is 210 g/mol. The zero-order chi connectivity index (χ0) is 11.2. The molecule has 1 aromatic rings. The van der Waals surface area contributed by atoms with E-state index in [9.17, 15) is 0 Å². The van der Waals surface area contributed by atoms with Crippen molar-refractivity contribution >= 4 is 11.4 Å². The first-order chi connectivity index (χ1) is 7.74. The molecule has 0 amide bonds. The van der Waals surface area contributed by atoms with Gasteiger partial charge in [0.15, 0.2) is 0 Å². The summed E-state index contributed by atoms with van der Waals surface area (Å²) in [6.07, 6.45) is 4.82. The van der Waals surface area contributed by atoms with Crippen molar-refractivity contribution in [3.63, 3.8) is 0 Å². The molecule has 1 saturated carbocycles. The number of rotatable bonds is 0. The van der Waals surface area contributed by atoms with Crippen molar-refractivity contribution in [2.45, 2.75) is 38.0 Å². The molecule has 0 aromatic heterocycles. The zero-order valence-corrected chi connectivity index (χ0v) is 9.45. The molecule has 0 spiro atoms. The van der Waals surface area contributed by atoms with Crippen LogP contribution < -0.4 is 0 Å². The Morgan fingerprint density at radius 3 is 3.06 bits per heavy atom. The molecule has 0 saturated heterocycles. The molecule has 0 radical (unpaired) electrons. The van der Waals surface area contributed by atoms with Crippen LogP contribution in [0.3, 0.4) is 0 Å². The van der Waals surface area contributed by atoms with Crippen molar-refractivity contribution in [2.24, 2.45) is 4.99 Å². The minimum Gasteiger partial charge on any atom is -0.257 e. The molecule has 1 unspecified atom stereocenters. The van der Waals surface area contributed by atoms with Gasteiger partial charge in [-0.3, -0.25) is 4.99 Å². The maximum atomic E-state index is 8.96. The topological polar surface area (TPSA) is 36.1 Å². The van der Waals surface area contributed by atoms with Gasteiger partial charge in [-0.1, -0.05) is 13.3 Å². The third kappa shape index (κ3) is 1.15. The van der Waals surface area contributed by atoms with Crippen LogP contribution in [0.25, 0.3) is 0 Å². The van der Waals surface area contributed by atoms with Crippen LogP contribution in [-0.4, -0.2) is 5.71 Å². The molecule has 1 aliphatic carbocycles. The molecule has 1 aromatic carbocycles. The Morgan fingerprint density at radius 2 is 2.25 bits per heavy atom. The van der Waals surface area contributed by atoms with Crippen LogP contribution in [0.4, 0.5) is 5.69 Å². The van der Waals surface area contributed by atoms with E-state index in [1.54, 1.807) is 0 Å². The second kappa shape index (κ2) is 3.18. The minimum atomic E-state index is 0.112. The lowest BCUT2D eigenvalue weighted by molar-refractivity contribution is 0.498. The first-order valence-electron chi connectivity index (χ1n) is 5.87. The number of hydrogen-bond donors (Lipinski definition) is 0. The molecule has 2 nitrogen and oxygen atoms in total. The summed E-state index contributed by atoms with van der Waals surface area (Å²) in [6, 6.07) is 8.10. The van der Waals surface area contributed by atoms with Gasteiger partial charge in [-0.2, -0.15) is 5.26 Å². The van der Waals surface area contributed by atoms with Crippen LogP contribution in [0, 0.1) is 11.3 Å². The van der Waals surface area contributed by atoms with Crippen LogP contribution in [-0.2, 0) is 5.41 Å². The van der Waals surface area contributed by atoms with Crippen molar-refractivity contribution in [2.75, 3.05) is 0 Å². The van der Waals surface area contributed by atoms with E-state index >= 15 is 0 Å². The summed E-state index contributed by atoms with van der Waals surface area (Å²) >= 11 is 0. The maximum Gasteiger partial charge on any atom is 0.0991 e. The normalized spacial score (nSPS) is 26.6. The average Bonchev–Trinajstić information content (AvgIpc) is 2.61. The summed E-state index contributed by atoms with van der Waals surface area (Å²) < 4.78 is 0. The Morgan fingerprint density at radius 1 is 1.38 bits per heavy atom. The maximum absolute atomic E-state index is 8.96. The van der Waals surface area contributed by atoms with Crippen LogP contribution in [0.2, 0.25) is 0 Å². The molecule has 2 aliphatic rings. The lowest BCUT2D eigenvalue weighted by atomic mass is 9.70. The third-order valence-corrected chi connectivity index (χ3v) is 3.95.